The molecule has 0 aliphatic carbocycles. The van der Waals surface area contributed by atoms with Crippen LogP contribution in [0, 0.1) is 12.8 Å². The van der Waals surface area contributed by atoms with Gasteiger partial charge in [-0.05, 0) is 46.0 Å². The molecule has 0 amide bonds. The van der Waals surface area contributed by atoms with Gasteiger partial charge in [0.25, 0.3) is 0 Å². The highest BCUT2D eigenvalue weighted by Crippen LogP contribution is 2.22. The van der Waals surface area contributed by atoms with Gasteiger partial charge in [-0.15, -0.1) is 0 Å². The van der Waals surface area contributed by atoms with Crippen LogP contribution in [0.4, 0.5) is 0 Å². The summed E-state index contributed by atoms with van der Waals surface area (Å²) in [6.07, 6.45) is 3.35. The van der Waals surface area contributed by atoms with Crippen LogP contribution in [0.15, 0.2) is 4.99 Å². The molecule has 0 radical (unpaired) electrons. The number of rotatable bonds is 8. The van der Waals surface area contributed by atoms with Crippen molar-refractivity contribution < 1.29 is 4.74 Å². The van der Waals surface area contributed by atoms with Gasteiger partial charge in [0.2, 0.25) is 0 Å². The second-order valence-corrected chi connectivity index (χ2v) is 6.87. The van der Waals surface area contributed by atoms with E-state index in [0.29, 0.717) is 5.92 Å². The fourth-order valence-electron chi connectivity index (χ4n) is 3.22. The molecule has 1 aliphatic rings. The molecule has 1 aromatic rings. The quantitative estimate of drug-likeness (QED) is 0.556. The maximum absolute atomic E-state index is 5.81. The molecular formula is C18H34N6O. The van der Waals surface area contributed by atoms with Gasteiger partial charge < -0.3 is 15.4 Å². The van der Waals surface area contributed by atoms with Crippen molar-refractivity contribution >= 4 is 5.96 Å². The number of nitrogens with one attached hydrogen (secondary N) is 2. The Hall–Kier alpha value is -1.63. The van der Waals surface area contributed by atoms with Crippen molar-refractivity contribution in [3.8, 4) is 0 Å². The average Bonchev–Trinajstić information content (AvgIpc) is 2.95. The maximum Gasteiger partial charge on any atom is 0.191 e. The number of ether oxygens (including phenoxy) is 1. The molecule has 0 fully saturated rings. The number of nitrogens with zero attached hydrogens (tertiary/aromatic N) is 4. The highest BCUT2D eigenvalue weighted by molar-refractivity contribution is 5.80. The number of aliphatic imine (C=N–C) groups is 1. The van der Waals surface area contributed by atoms with E-state index in [4.69, 9.17) is 9.73 Å². The largest absolute Gasteiger partial charge is 0.378 e. The Morgan fingerprint density at radius 2 is 2.20 bits per heavy atom. The minimum atomic E-state index is 0.167. The monoisotopic (exact) mass is 350 g/mol. The highest BCUT2D eigenvalue weighted by atomic mass is 16.5. The maximum atomic E-state index is 5.81. The van der Waals surface area contributed by atoms with Crippen LogP contribution in [0.3, 0.4) is 0 Å². The summed E-state index contributed by atoms with van der Waals surface area (Å²) in [6, 6.07) is 0.167. The molecule has 0 saturated carbocycles. The van der Waals surface area contributed by atoms with E-state index in [-0.39, 0.29) is 12.1 Å². The van der Waals surface area contributed by atoms with Crippen molar-refractivity contribution in [2.24, 2.45) is 10.9 Å². The van der Waals surface area contributed by atoms with Gasteiger partial charge in [0, 0.05) is 26.2 Å². The van der Waals surface area contributed by atoms with Crippen LogP contribution in [-0.2, 0) is 11.3 Å². The second-order valence-electron chi connectivity index (χ2n) is 6.87. The number of hydrogen-bond donors (Lipinski definition) is 2. The van der Waals surface area contributed by atoms with Crippen molar-refractivity contribution in [3.05, 3.63) is 11.6 Å². The number of hydrogen-bond acceptors (Lipinski definition) is 4. The molecule has 2 heterocycles. The van der Waals surface area contributed by atoms with Crippen molar-refractivity contribution in [2.75, 3.05) is 19.7 Å². The number of fused-ring (bicyclic) bond motifs is 1. The van der Waals surface area contributed by atoms with Gasteiger partial charge in [-0.1, -0.05) is 13.8 Å². The standard InChI is InChI=1S/C18H34N6O/c1-6-19-18(20-11-10-16(13(3)4)25-7-2)22-15-9-8-12-24-17(15)21-14(5)23-24/h13,15-16H,6-12H2,1-5H3,(H2,19,20,22). The average molecular weight is 351 g/mol. The zero-order valence-electron chi connectivity index (χ0n) is 16.4. The first-order valence-corrected chi connectivity index (χ1v) is 9.62. The van der Waals surface area contributed by atoms with Gasteiger partial charge in [-0.25, -0.2) is 9.67 Å². The third-order valence-corrected chi connectivity index (χ3v) is 4.44. The normalized spacial score (nSPS) is 19.0. The molecule has 2 atom stereocenters. The van der Waals surface area contributed by atoms with Crippen molar-refractivity contribution in [3.63, 3.8) is 0 Å². The SMILES string of the molecule is CCNC(=NCCC(OCC)C(C)C)NC1CCCn2nc(C)nc21. The van der Waals surface area contributed by atoms with E-state index >= 15 is 0 Å². The lowest BCUT2D eigenvalue weighted by molar-refractivity contribution is 0.0266. The van der Waals surface area contributed by atoms with Crippen LogP contribution >= 0.6 is 0 Å². The molecule has 0 bridgehead atoms. The Labute approximate surface area is 151 Å². The second kappa shape index (κ2) is 9.75. The minimum Gasteiger partial charge on any atom is -0.378 e. The molecule has 1 aromatic heterocycles. The van der Waals surface area contributed by atoms with Gasteiger partial charge in [-0.2, -0.15) is 5.10 Å². The topological polar surface area (TPSA) is 76.4 Å². The van der Waals surface area contributed by atoms with Gasteiger partial charge in [0.1, 0.15) is 11.6 Å². The van der Waals surface area contributed by atoms with E-state index in [1.54, 1.807) is 0 Å². The molecule has 25 heavy (non-hydrogen) atoms. The van der Waals surface area contributed by atoms with E-state index < -0.39 is 0 Å². The Morgan fingerprint density at radius 3 is 2.88 bits per heavy atom. The first kappa shape index (κ1) is 19.7. The van der Waals surface area contributed by atoms with Crippen LogP contribution in [0.25, 0.3) is 0 Å². The molecule has 0 saturated heterocycles. The Bertz CT molecular complexity index is 554. The summed E-state index contributed by atoms with van der Waals surface area (Å²) in [7, 11) is 0. The smallest absolute Gasteiger partial charge is 0.191 e. The van der Waals surface area contributed by atoms with Gasteiger partial charge in [-0.3, -0.25) is 4.99 Å². The third kappa shape index (κ3) is 5.70. The predicted molar refractivity (Wildman–Crippen MR) is 101 cm³/mol. The van der Waals surface area contributed by atoms with E-state index in [9.17, 15) is 0 Å². The van der Waals surface area contributed by atoms with Crippen LogP contribution in [0.1, 0.15) is 64.6 Å². The third-order valence-electron chi connectivity index (χ3n) is 4.44. The molecule has 1 aliphatic heterocycles. The lowest BCUT2D eigenvalue weighted by atomic mass is 10.0. The Kier molecular flexibility index (Phi) is 7.68. The van der Waals surface area contributed by atoms with Gasteiger partial charge in [0.05, 0.1) is 12.1 Å². The van der Waals surface area contributed by atoms with Crippen molar-refractivity contribution in [1.82, 2.24) is 25.4 Å². The zero-order chi connectivity index (χ0) is 18.2. The number of guanidine groups is 1. The molecule has 7 heteroatoms. The first-order chi connectivity index (χ1) is 12.0. The summed E-state index contributed by atoms with van der Waals surface area (Å²) < 4.78 is 7.83. The van der Waals surface area contributed by atoms with Crippen LogP contribution in [0.2, 0.25) is 0 Å². The highest BCUT2D eigenvalue weighted by Gasteiger charge is 2.24. The first-order valence-electron chi connectivity index (χ1n) is 9.62. The lowest BCUT2D eigenvalue weighted by Gasteiger charge is -2.25. The van der Waals surface area contributed by atoms with E-state index in [2.05, 4.69) is 41.5 Å². The lowest BCUT2D eigenvalue weighted by Crippen LogP contribution is -2.41. The molecule has 2 rings (SSSR count). The zero-order valence-corrected chi connectivity index (χ0v) is 16.4. The fourth-order valence-corrected chi connectivity index (χ4v) is 3.22. The minimum absolute atomic E-state index is 0.167. The number of aromatic nitrogens is 3. The molecule has 142 valence electrons. The summed E-state index contributed by atoms with van der Waals surface area (Å²) in [5.74, 6) is 3.21. The van der Waals surface area contributed by atoms with Crippen LogP contribution in [0.5, 0.6) is 0 Å². The van der Waals surface area contributed by atoms with Gasteiger partial charge in [0.15, 0.2) is 5.96 Å². The Balaban J connectivity index is 1.98. The fraction of sp³-hybridized carbons (Fsp3) is 0.833. The molecule has 0 aromatic carbocycles. The molecule has 7 nitrogen and oxygen atoms in total. The molecule has 0 spiro atoms. The van der Waals surface area contributed by atoms with Crippen molar-refractivity contribution in [1.29, 1.82) is 0 Å². The summed E-state index contributed by atoms with van der Waals surface area (Å²) >= 11 is 0. The summed E-state index contributed by atoms with van der Waals surface area (Å²) in [4.78, 5) is 9.34. The van der Waals surface area contributed by atoms with Crippen molar-refractivity contribution in [2.45, 2.75) is 72.6 Å². The Morgan fingerprint density at radius 1 is 1.40 bits per heavy atom. The predicted octanol–water partition coefficient (Wildman–Crippen LogP) is 2.43. The van der Waals surface area contributed by atoms with E-state index in [0.717, 1.165) is 63.1 Å². The summed E-state index contributed by atoms with van der Waals surface area (Å²) in [5.41, 5.74) is 0. The van der Waals surface area contributed by atoms with Gasteiger partial charge >= 0.3 is 0 Å². The van der Waals surface area contributed by atoms with E-state index in [1.165, 1.54) is 0 Å². The van der Waals surface area contributed by atoms with Crippen LogP contribution in [-0.4, -0.2) is 46.5 Å². The molecular weight excluding hydrogens is 316 g/mol. The van der Waals surface area contributed by atoms with Crippen LogP contribution < -0.4 is 10.6 Å². The number of aryl methyl sites for hydroxylation is 2. The molecule has 2 unspecified atom stereocenters. The molecule has 2 N–H and O–H groups in total. The summed E-state index contributed by atoms with van der Waals surface area (Å²) in [6.45, 7) is 13.8. The summed E-state index contributed by atoms with van der Waals surface area (Å²) in [5, 5.41) is 11.3. The van der Waals surface area contributed by atoms with E-state index in [1.807, 2.05) is 18.5 Å².